The van der Waals surface area contributed by atoms with E-state index in [9.17, 15) is 26.0 Å². The van der Waals surface area contributed by atoms with Gasteiger partial charge < -0.3 is 5.11 Å². The van der Waals surface area contributed by atoms with Gasteiger partial charge in [-0.2, -0.15) is 4.31 Å². The van der Waals surface area contributed by atoms with Crippen LogP contribution in [0.5, 0.6) is 0 Å². The van der Waals surface area contributed by atoms with E-state index in [1.165, 1.54) is 0 Å². The van der Waals surface area contributed by atoms with Gasteiger partial charge in [-0.25, -0.2) is 21.2 Å². The van der Waals surface area contributed by atoms with Gasteiger partial charge in [0.1, 0.15) is 16.8 Å². The van der Waals surface area contributed by atoms with Gasteiger partial charge in [0, 0.05) is 6.54 Å². The lowest BCUT2D eigenvalue weighted by Crippen LogP contribution is -2.40. The molecule has 25 heavy (non-hydrogen) atoms. The number of benzene rings is 1. The lowest BCUT2D eigenvalue weighted by Gasteiger charge is -2.21. The fourth-order valence-electron chi connectivity index (χ4n) is 2.67. The van der Waals surface area contributed by atoms with Crippen LogP contribution >= 0.6 is 0 Å². The predicted molar refractivity (Wildman–Crippen MR) is 88.7 cm³/mol. The first-order valence-electron chi connectivity index (χ1n) is 7.63. The third kappa shape index (κ3) is 4.28. The zero-order valence-corrected chi connectivity index (χ0v) is 15.1. The summed E-state index contributed by atoms with van der Waals surface area (Å²) in [6, 6.07) is 1.61. The van der Waals surface area contributed by atoms with Gasteiger partial charge in [-0.05, 0) is 37.5 Å². The molecule has 2 N–H and O–H groups in total. The van der Waals surface area contributed by atoms with Crippen LogP contribution in [0, 0.1) is 5.82 Å². The molecule has 1 aromatic carbocycles. The van der Waals surface area contributed by atoms with Crippen molar-refractivity contribution in [2.75, 3.05) is 17.0 Å². The van der Waals surface area contributed by atoms with Crippen LogP contribution in [0.25, 0.3) is 0 Å². The molecule has 1 fully saturated rings. The van der Waals surface area contributed by atoms with E-state index in [1.54, 1.807) is 6.92 Å². The molecule has 0 spiro atoms. The van der Waals surface area contributed by atoms with Crippen LogP contribution in [-0.2, 0) is 24.8 Å². The minimum atomic E-state index is -4.33. The molecule has 0 unspecified atom stereocenters. The molecule has 1 aromatic rings. The summed E-state index contributed by atoms with van der Waals surface area (Å²) in [4.78, 5) is 10.5. The molecule has 1 aliphatic rings. The van der Waals surface area contributed by atoms with Gasteiger partial charge in [0.15, 0.2) is 0 Å². The van der Waals surface area contributed by atoms with Crippen molar-refractivity contribution in [3.8, 4) is 0 Å². The third-order valence-electron chi connectivity index (χ3n) is 3.75. The molecule has 0 bridgehead atoms. The molecule has 8 nitrogen and oxygen atoms in total. The number of nitrogens with one attached hydrogen (secondary N) is 1. The third-order valence-corrected chi connectivity index (χ3v) is 7.19. The van der Waals surface area contributed by atoms with E-state index in [1.807, 2.05) is 0 Å². The second-order valence-corrected chi connectivity index (χ2v) is 9.38. The molecule has 0 radical (unpaired) electrons. The number of sulfonamides is 2. The largest absolute Gasteiger partial charge is 0.480 e. The van der Waals surface area contributed by atoms with Crippen LogP contribution in [0.1, 0.15) is 26.2 Å². The maximum Gasteiger partial charge on any atom is 0.322 e. The fourth-order valence-corrected chi connectivity index (χ4v) is 5.50. The molecule has 140 valence electrons. The standard InChI is InChI=1S/C14H19FN2O6S2/c1-2-8-24(20,21)16-10-5-6-13(11(15)9-10)25(22,23)17-7-3-4-12(17)14(18)19/h5-6,9,12,16H,2-4,7-8H2,1H3,(H,18,19)/t12-/m1/s1. The molecule has 1 aliphatic heterocycles. The predicted octanol–water partition coefficient (Wildman–Crippen LogP) is 1.22. The topological polar surface area (TPSA) is 121 Å². The van der Waals surface area contributed by atoms with Gasteiger partial charge in [-0.15, -0.1) is 0 Å². The SMILES string of the molecule is CCCS(=O)(=O)Nc1ccc(S(=O)(=O)N2CCC[C@@H]2C(=O)O)c(F)c1. The highest BCUT2D eigenvalue weighted by molar-refractivity contribution is 7.92. The normalized spacial score (nSPS) is 19.0. The number of rotatable bonds is 7. The van der Waals surface area contributed by atoms with E-state index in [4.69, 9.17) is 5.11 Å². The smallest absolute Gasteiger partial charge is 0.322 e. The van der Waals surface area contributed by atoms with Gasteiger partial charge in [0.05, 0.1) is 11.4 Å². The summed E-state index contributed by atoms with van der Waals surface area (Å²) in [5.41, 5.74) is -0.0962. The van der Waals surface area contributed by atoms with E-state index in [0.29, 0.717) is 12.8 Å². The minimum Gasteiger partial charge on any atom is -0.480 e. The Morgan fingerprint density at radius 3 is 2.60 bits per heavy atom. The Labute approximate surface area is 145 Å². The molecular weight excluding hydrogens is 375 g/mol. The van der Waals surface area contributed by atoms with Crippen LogP contribution in [0.4, 0.5) is 10.1 Å². The van der Waals surface area contributed by atoms with Crippen LogP contribution in [0.3, 0.4) is 0 Å². The Morgan fingerprint density at radius 2 is 2.04 bits per heavy atom. The summed E-state index contributed by atoms with van der Waals surface area (Å²) in [5, 5.41) is 9.11. The maximum atomic E-state index is 14.3. The van der Waals surface area contributed by atoms with Crippen molar-refractivity contribution in [1.29, 1.82) is 0 Å². The minimum absolute atomic E-state index is 0.0103. The highest BCUT2D eigenvalue weighted by atomic mass is 32.2. The Morgan fingerprint density at radius 1 is 1.36 bits per heavy atom. The average Bonchev–Trinajstić information content (AvgIpc) is 2.96. The van der Waals surface area contributed by atoms with Crippen LogP contribution in [-0.4, -0.2) is 50.6 Å². The zero-order valence-electron chi connectivity index (χ0n) is 13.5. The van der Waals surface area contributed by atoms with Crippen molar-refractivity contribution in [2.45, 2.75) is 37.1 Å². The van der Waals surface area contributed by atoms with Gasteiger partial charge in [0.2, 0.25) is 20.0 Å². The van der Waals surface area contributed by atoms with Gasteiger partial charge in [-0.1, -0.05) is 6.92 Å². The van der Waals surface area contributed by atoms with Crippen molar-refractivity contribution in [1.82, 2.24) is 4.31 Å². The summed E-state index contributed by atoms with van der Waals surface area (Å²) in [6.07, 6.45) is 0.896. The number of aliphatic carboxylic acids is 1. The van der Waals surface area contributed by atoms with Crippen molar-refractivity contribution >= 4 is 31.7 Å². The second-order valence-electron chi connectivity index (χ2n) is 5.68. The highest BCUT2D eigenvalue weighted by Crippen LogP contribution is 2.29. The highest BCUT2D eigenvalue weighted by Gasteiger charge is 2.40. The molecule has 0 aromatic heterocycles. The Bertz CT molecular complexity index is 869. The number of carboxylic acid groups (broad SMARTS) is 1. The molecule has 0 saturated carbocycles. The zero-order chi connectivity index (χ0) is 18.8. The van der Waals surface area contributed by atoms with Crippen LogP contribution in [0.2, 0.25) is 0 Å². The fraction of sp³-hybridized carbons (Fsp3) is 0.500. The summed E-state index contributed by atoms with van der Waals surface area (Å²) >= 11 is 0. The van der Waals surface area contributed by atoms with E-state index >= 15 is 0 Å². The number of carbonyl (C=O) groups is 1. The first kappa shape index (κ1) is 19.6. The number of anilines is 1. The molecule has 2 rings (SSSR count). The second kappa shape index (κ2) is 7.26. The molecule has 1 saturated heterocycles. The van der Waals surface area contributed by atoms with E-state index < -0.39 is 42.8 Å². The lowest BCUT2D eigenvalue weighted by atomic mass is 10.2. The summed E-state index contributed by atoms with van der Waals surface area (Å²) in [6.45, 7) is 1.66. The van der Waals surface area contributed by atoms with Crippen molar-refractivity contribution in [3.63, 3.8) is 0 Å². The quantitative estimate of drug-likeness (QED) is 0.717. The first-order chi connectivity index (χ1) is 11.6. The number of hydrogen-bond donors (Lipinski definition) is 2. The van der Waals surface area contributed by atoms with Crippen molar-refractivity contribution < 1.29 is 31.1 Å². The van der Waals surface area contributed by atoms with Gasteiger partial charge >= 0.3 is 5.97 Å². The average molecular weight is 394 g/mol. The summed E-state index contributed by atoms with van der Waals surface area (Å²) in [5.74, 6) is -2.58. The van der Waals surface area contributed by atoms with E-state index in [0.717, 1.165) is 22.5 Å². The van der Waals surface area contributed by atoms with Gasteiger partial charge in [-0.3, -0.25) is 9.52 Å². The van der Waals surface area contributed by atoms with E-state index in [2.05, 4.69) is 4.72 Å². The monoisotopic (exact) mass is 394 g/mol. The number of halogens is 1. The maximum absolute atomic E-state index is 14.3. The molecular formula is C14H19FN2O6S2. The molecule has 11 heteroatoms. The van der Waals surface area contributed by atoms with Crippen molar-refractivity contribution in [2.24, 2.45) is 0 Å². The van der Waals surface area contributed by atoms with E-state index in [-0.39, 0.29) is 24.4 Å². The summed E-state index contributed by atoms with van der Waals surface area (Å²) in [7, 11) is -7.97. The molecule has 1 heterocycles. The molecule has 0 aliphatic carbocycles. The molecule has 1 atom stereocenters. The lowest BCUT2D eigenvalue weighted by molar-refractivity contribution is -0.140. The Balaban J connectivity index is 2.33. The van der Waals surface area contributed by atoms with Crippen LogP contribution in [0.15, 0.2) is 23.1 Å². The molecule has 0 amide bonds. The van der Waals surface area contributed by atoms with Crippen molar-refractivity contribution in [3.05, 3.63) is 24.0 Å². The van der Waals surface area contributed by atoms with Gasteiger partial charge in [0.25, 0.3) is 0 Å². The number of hydrogen-bond acceptors (Lipinski definition) is 5. The number of carboxylic acids is 1. The Hall–Kier alpha value is -1.72. The first-order valence-corrected chi connectivity index (χ1v) is 10.7. The number of nitrogens with zero attached hydrogens (tertiary/aromatic N) is 1. The summed E-state index contributed by atoms with van der Waals surface area (Å²) < 4.78 is 65.7. The van der Waals surface area contributed by atoms with Crippen LogP contribution < -0.4 is 4.72 Å². The Kier molecular flexibility index (Phi) is 5.69.